The molecule has 0 aliphatic heterocycles. The maximum atomic E-state index is 13.0. The number of hydroxylamine groups is 1. The molecule has 22 heavy (non-hydrogen) atoms. The zero-order chi connectivity index (χ0) is 15.9. The number of benzene rings is 1. The minimum Gasteiger partial charge on any atom is -0.492 e. The molecule has 0 unspecified atom stereocenters. The smallest absolute Gasteiger partial charge is 0.267 e. The summed E-state index contributed by atoms with van der Waals surface area (Å²) in [6.45, 7) is 0.881. The number of halogens is 2. The van der Waals surface area contributed by atoms with Crippen molar-refractivity contribution in [3.05, 3.63) is 59.1 Å². The van der Waals surface area contributed by atoms with Gasteiger partial charge in [0.05, 0.1) is 11.6 Å². The van der Waals surface area contributed by atoms with Crippen LogP contribution in [0.3, 0.4) is 0 Å². The van der Waals surface area contributed by atoms with Crippen molar-refractivity contribution >= 4 is 23.6 Å². The third-order valence-corrected chi connectivity index (χ3v) is 3.16. The fraction of sp³-hybridized carbons (Fsp3) is 0.133. The number of carbonyl (C=O) groups excluding carboxylic acids is 1. The highest BCUT2D eigenvalue weighted by atomic mass is 35.5. The van der Waals surface area contributed by atoms with E-state index in [9.17, 15) is 9.18 Å². The molecule has 1 aromatic heterocycles. The molecule has 0 bridgehead atoms. The molecule has 2 N–H and O–H groups in total. The van der Waals surface area contributed by atoms with E-state index >= 15 is 0 Å². The van der Waals surface area contributed by atoms with E-state index in [1.165, 1.54) is 29.8 Å². The number of hydrogen-bond donors (Lipinski definition) is 2. The molecule has 0 fully saturated rings. The minimum atomic E-state index is -0.607. The molecule has 5 nitrogen and oxygen atoms in total. The molecule has 0 radical (unpaired) electrons. The molecule has 0 aliphatic rings. The molecule has 2 aromatic rings. The van der Waals surface area contributed by atoms with Gasteiger partial charge in [0.15, 0.2) is 0 Å². The van der Waals surface area contributed by atoms with E-state index < -0.39 is 11.7 Å². The summed E-state index contributed by atoms with van der Waals surface area (Å²) in [7, 11) is 0. The summed E-state index contributed by atoms with van der Waals surface area (Å²) >= 11 is 5.67. The summed E-state index contributed by atoms with van der Waals surface area (Å²) in [4.78, 5) is 11.0. The van der Waals surface area contributed by atoms with E-state index in [-0.39, 0.29) is 5.02 Å². The number of amides is 1. The van der Waals surface area contributed by atoms with Gasteiger partial charge in [0.2, 0.25) is 0 Å². The molecule has 0 saturated heterocycles. The Morgan fingerprint density at radius 1 is 1.45 bits per heavy atom. The van der Waals surface area contributed by atoms with Crippen molar-refractivity contribution in [1.82, 2.24) is 10.0 Å². The van der Waals surface area contributed by atoms with E-state index in [1.54, 1.807) is 6.08 Å². The number of aromatic nitrogens is 1. The van der Waals surface area contributed by atoms with Crippen molar-refractivity contribution in [2.45, 2.75) is 6.54 Å². The molecule has 7 heteroatoms. The van der Waals surface area contributed by atoms with Crippen molar-refractivity contribution in [3.63, 3.8) is 0 Å². The highest BCUT2D eigenvalue weighted by Crippen LogP contribution is 2.21. The normalized spacial score (nSPS) is 10.9. The second-order valence-corrected chi connectivity index (χ2v) is 4.77. The zero-order valence-corrected chi connectivity index (χ0v) is 12.3. The predicted octanol–water partition coefficient (Wildman–Crippen LogP) is 2.88. The maximum Gasteiger partial charge on any atom is 0.267 e. The van der Waals surface area contributed by atoms with Crippen LogP contribution in [0.25, 0.3) is 6.08 Å². The van der Waals surface area contributed by atoms with Gasteiger partial charge in [0.1, 0.15) is 18.2 Å². The topological polar surface area (TPSA) is 63.5 Å². The Morgan fingerprint density at radius 2 is 2.27 bits per heavy atom. The van der Waals surface area contributed by atoms with Gasteiger partial charge in [-0.15, -0.1) is 0 Å². The summed E-state index contributed by atoms with van der Waals surface area (Å²) < 4.78 is 20.4. The third-order valence-electron chi connectivity index (χ3n) is 2.87. The Labute approximate surface area is 131 Å². The first kappa shape index (κ1) is 16.1. The lowest BCUT2D eigenvalue weighted by Crippen LogP contribution is -2.15. The highest BCUT2D eigenvalue weighted by Gasteiger charge is 2.03. The van der Waals surface area contributed by atoms with Gasteiger partial charge in [-0.3, -0.25) is 10.0 Å². The molecule has 0 atom stereocenters. The summed E-state index contributed by atoms with van der Waals surface area (Å²) in [5.74, 6) is -0.616. The molecular weight excluding hydrogens is 311 g/mol. The Hall–Kier alpha value is -2.31. The van der Waals surface area contributed by atoms with E-state index in [4.69, 9.17) is 21.5 Å². The summed E-state index contributed by atoms with van der Waals surface area (Å²) in [6.07, 6.45) is 4.62. The quantitative estimate of drug-likeness (QED) is 0.488. The summed E-state index contributed by atoms with van der Waals surface area (Å²) in [5, 5.41) is 8.44. The monoisotopic (exact) mass is 324 g/mol. The second kappa shape index (κ2) is 7.63. The van der Waals surface area contributed by atoms with Gasteiger partial charge in [-0.25, -0.2) is 9.87 Å². The van der Waals surface area contributed by atoms with Crippen LogP contribution in [0.15, 0.2) is 42.6 Å². The zero-order valence-electron chi connectivity index (χ0n) is 11.5. The predicted molar refractivity (Wildman–Crippen MR) is 80.3 cm³/mol. The molecule has 1 amide bonds. The number of hydrogen-bond acceptors (Lipinski definition) is 3. The van der Waals surface area contributed by atoms with E-state index in [1.807, 2.05) is 22.9 Å². The van der Waals surface area contributed by atoms with E-state index in [0.29, 0.717) is 18.9 Å². The van der Waals surface area contributed by atoms with Gasteiger partial charge in [0.25, 0.3) is 5.91 Å². The van der Waals surface area contributed by atoms with Gasteiger partial charge in [-0.1, -0.05) is 11.6 Å². The number of ether oxygens (including phenoxy) is 1. The molecule has 0 aliphatic carbocycles. The van der Waals surface area contributed by atoms with Gasteiger partial charge in [-0.05, 0) is 30.3 Å². The molecule has 1 heterocycles. The molecule has 2 rings (SSSR count). The van der Waals surface area contributed by atoms with E-state index in [2.05, 4.69) is 0 Å². The largest absolute Gasteiger partial charge is 0.492 e. The third kappa shape index (κ3) is 4.34. The van der Waals surface area contributed by atoms with Crippen LogP contribution in [0.4, 0.5) is 4.39 Å². The SMILES string of the molecule is O=C(/C=C/c1cccn1CCOc1ccc(F)c(Cl)c1)NO. The number of nitrogens with one attached hydrogen (secondary N) is 1. The second-order valence-electron chi connectivity index (χ2n) is 4.36. The standard InChI is InChI=1S/C15H14ClFN2O3/c16-13-10-12(4-5-14(13)17)22-9-8-19-7-1-2-11(19)3-6-15(20)18-21/h1-7,10,21H,8-9H2,(H,18,20)/b6-3+. The first-order valence-electron chi connectivity index (χ1n) is 6.45. The molecule has 1 aromatic carbocycles. The number of nitrogens with zero attached hydrogens (tertiary/aromatic N) is 1. The maximum absolute atomic E-state index is 13.0. The van der Waals surface area contributed by atoms with Crippen molar-refractivity contribution in [1.29, 1.82) is 0 Å². The Morgan fingerprint density at radius 3 is 3.00 bits per heavy atom. The average Bonchev–Trinajstić information content (AvgIpc) is 2.96. The first-order valence-corrected chi connectivity index (χ1v) is 6.83. The van der Waals surface area contributed by atoms with Crippen LogP contribution in [-0.4, -0.2) is 22.3 Å². The van der Waals surface area contributed by atoms with Gasteiger partial charge in [0, 0.05) is 24.0 Å². The fourth-order valence-corrected chi connectivity index (χ4v) is 1.98. The van der Waals surface area contributed by atoms with Crippen LogP contribution < -0.4 is 10.2 Å². The first-order chi connectivity index (χ1) is 10.6. The van der Waals surface area contributed by atoms with Gasteiger partial charge in [-0.2, -0.15) is 0 Å². The number of carbonyl (C=O) groups is 1. The summed E-state index contributed by atoms with van der Waals surface area (Å²) in [5.41, 5.74) is 2.30. The average molecular weight is 325 g/mol. The van der Waals surface area contributed by atoms with Crippen molar-refractivity contribution in [2.24, 2.45) is 0 Å². The van der Waals surface area contributed by atoms with Crippen LogP contribution >= 0.6 is 11.6 Å². The van der Waals surface area contributed by atoms with Gasteiger partial charge >= 0.3 is 0 Å². The van der Waals surface area contributed by atoms with Crippen molar-refractivity contribution in [3.8, 4) is 5.75 Å². The van der Waals surface area contributed by atoms with E-state index in [0.717, 1.165) is 5.69 Å². The van der Waals surface area contributed by atoms with Crippen LogP contribution in [0.5, 0.6) is 5.75 Å². The fourth-order valence-electron chi connectivity index (χ4n) is 1.81. The highest BCUT2D eigenvalue weighted by molar-refractivity contribution is 6.30. The molecule has 116 valence electrons. The Balaban J connectivity index is 1.92. The number of rotatable bonds is 6. The van der Waals surface area contributed by atoms with Crippen LogP contribution in [0.2, 0.25) is 5.02 Å². The van der Waals surface area contributed by atoms with Crippen molar-refractivity contribution in [2.75, 3.05) is 6.61 Å². The molecular formula is C15H14ClFN2O3. The van der Waals surface area contributed by atoms with Crippen LogP contribution in [0.1, 0.15) is 5.69 Å². The minimum absolute atomic E-state index is 0.0112. The van der Waals surface area contributed by atoms with Crippen molar-refractivity contribution < 1.29 is 19.1 Å². The summed E-state index contributed by atoms with van der Waals surface area (Å²) in [6, 6.07) is 7.80. The van der Waals surface area contributed by atoms with Crippen LogP contribution in [0, 0.1) is 5.82 Å². The lowest BCUT2D eigenvalue weighted by molar-refractivity contribution is -0.124. The van der Waals surface area contributed by atoms with Gasteiger partial charge < -0.3 is 9.30 Å². The lowest BCUT2D eigenvalue weighted by Gasteiger charge is -2.09. The lowest BCUT2D eigenvalue weighted by atomic mass is 10.3. The molecule has 0 spiro atoms. The Kier molecular flexibility index (Phi) is 5.57. The molecule has 0 saturated carbocycles. The Bertz CT molecular complexity index is 685. The van der Waals surface area contributed by atoms with Crippen LogP contribution in [-0.2, 0) is 11.3 Å².